The first-order valence-corrected chi connectivity index (χ1v) is 8.23. The van der Waals surface area contributed by atoms with Crippen molar-refractivity contribution >= 4 is 12.0 Å². The molecule has 0 aromatic heterocycles. The van der Waals surface area contributed by atoms with E-state index in [1.807, 2.05) is 25.1 Å². The fraction of sp³-hybridized carbons (Fsp3) is 0.529. The van der Waals surface area contributed by atoms with Crippen molar-refractivity contribution in [1.82, 2.24) is 9.80 Å². The topological polar surface area (TPSA) is 68.3 Å². The van der Waals surface area contributed by atoms with Crippen LogP contribution in [0.5, 0.6) is 11.5 Å². The average molecular weight is 334 g/mol. The highest BCUT2D eigenvalue weighted by Gasteiger charge is 2.38. The van der Waals surface area contributed by atoms with Crippen molar-refractivity contribution in [2.45, 2.75) is 26.1 Å². The molecule has 2 atom stereocenters. The number of benzene rings is 1. The van der Waals surface area contributed by atoms with Crippen LogP contribution < -0.4 is 9.47 Å². The molecule has 0 spiro atoms. The highest BCUT2D eigenvalue weighted by molar-refractivity contribution is 5.83. The molecule has 3 rings (SSSR count). The van der Waals surface area contributed by atoms with E-state index in [0.29, 0.717) is 44.3 Å². The molecule has 130 valence electrons. The van der Waals surface area contributed by atoms with E-state index in [4.69, 9.17) is 14.2 Å². The SMILES string of the molecule is CCOC(=O)N1CCN(C(=O)C2Oc3ccccc3OC2C)CC1. The number of ether oxygens (including phenoxy) is 3. The number of carbonyl (C=O) groups excluding carboxylic acids is 2. The van der Waals surface area contributed by atoms with Gasteiger partial charge in [0, 0.05) is 26.2 Å². The summed E-state index contributed by atoms with van der Waals surface area (Å²) in [5.41, 5.74) is 0. The summed E-state index contributed by atoms with van der Waals surface area (Å²) < 4.78 is 16.6. The maximum Gasteiger partial charge on any atom is 0.409 e. The Bertz CT molecular complexity index is 613. The predicted octanol–water partition coefficient (Wildman–Crippen LogP) is 1.52. The van der Waals surface area contributed by atoms with Gasteiger partial charge in [-0.1, -0.05) is 12.1 Å². The molecule has 7 nitrogen and oxygen atoms in total. The average Bonchev–Trinajstić information content (AvgIpc) is 2.61. The van der Waals surface area contributed by atoms with Gasteiger partial charge in [0.1, 0.15) is 6.10 Å². The first-order valence-electron chi connectivity index (χ1n) is 8.23. The number of rotatable bonds is 2. The second-order valence-corrected chi connectivity index (χ2v) is 5.82. The molecule has 1 aromatic rings. The molecule has 2 aliphatic heterocycles. The van der Waals surface area contributed by atoms with Gasteiger partial charge in [-0.15, -0.1) is 0 Å². The predicted molar refractivity (Wildman–Crippen MR) is 86.1 cm³/mol. The minimum Gasteiger partial charge on any atom is -0.482 e. The van der Waals surface area contributed by atoms with Crippen LogP contribution >= 0.6 is 0 Å². The molecule has 0 aliphatic carbocycles. The third-order valence-electron chi connectivity index (χ3n) is 4.20. The fourth-order valence-electron chi connectivity index (χ4n) is 2.89. The van der Waals surface area contributed by atoms with E-state index >= 15 is 0 Å². The van der Waals surface area contributed by atoms with E-state index in [1.54, 1.807) is 22.8 Å². The molecule has 2 unspecified atom stereocenters. The lowest BCUT2D eigenvalue weighted by molar-refractivity contribution is -0.146. The molecule has 0 N–H and O–H groups in total. The Morgan fingerprint density at radius 3 is 2.29 bits per heavy atom. The second-order valence-electron chi connectivity index (χ2n) is 5.82. The smallest absolute Gasteiger partial charge is 0.409 e. The Morgan fingerprint density at radius 2 is 1.67 bits per heavy atom. The number of piperazine rings is 1. The maximum absolute atomic E-state index is 12.8. The van der Waals surface area contributed by atoms with Gasteiger partial charge in [0.25, 0.3) is 5.91 Å². The molecule has 2 aliphatic rings. The summed E-state index contributed by atoms with van der Waals surface area (Å²) in [7, 11) is 0. The van der Waals surface area contributed by atoms with Crippen molar-refractivity contribution in [1.29, 1.82) is 0 Å². The standard InChI is InChI=1S/C17H22N2O5/c1-3-22-17(21)19-10-8-18(9-11-19)16(20)15-12(2)23-13-6-4-5-7-14(13)24-15/h4-7,12,15H,3,8-11H2,1-2H3. The number of carbonyl (C=O) groups is 2. The quantitative estimate of drug-likeness (QED) is 0.820. The third-order valence-corrected chi connectivity index (χ3v) is 4.20. The largest absolute Gasteiger partial charge is 0.482 e. The lowest BCUT2D eigenvalue weighted by Gasteiger charge is -2.38. The Morgan fingerprint density at radius 1 is 1.08 bits per heavy atom. The molecular formula is C17H22N2O5. The van der Waals surface area contributed by atoms with Crippen LogP contribution in [0.15, 0.2) is 24.3 Å². The molecule has 2 heterocycles. The minimum atomic E-state index is -0.672. The van der Waals surface area contributed by atoms with Crippen molar-refractivity contribution in [3.05, 3.63) is 24.3 Å². The van der Waals surface area contributed by atoms with Crippen molar-refractivity contribution < 1.29 is 23.8 Å². The zero-order valence-electron chi connectivity index (χ0n) is 13.9. The van der Waals surface area contributed by atoms with Crippen LogP contribution in [0.1, 0.15) is 13.8 Å². The van der Waals surface area contributed by atoms with E-state index in [0.717, 1.165) is 0 Å². The van der Waals surface area contributed by atoms with Crippen molar-refractivity contribution in [2.24, 2.45) is 0 Å². The summed E-state index contributed by atoms with van der Waals surface area (Å²) >= 11 is 0. The van der Waals surface area contributed by atoms with Gasteiger partial charge in [-0.25, -0.2) is 4.79 Å². The summed E-state index contributed by atoms with van der Waals surface area (Å²) in [6.07, 6.45) is -1.37. The maximum atomic E-state index is 12.8. The second kappa shape index (κ2) is 6.98. The fourth-order valence-corrected chi connectivity index (χ4v) is 2.89. The first kappa shape index (κ1) is 16.4. The summed E-state index contributed by atoms with van der Waals surface area (Å²) in [5, 5.41) is 0. The third kappa shape index (κ3) is 3.25. The molecule has 7 heteroatoms. The van der Waals surface area contributed by atoms with Crippen LogP contribution in [-0.2, 0) is 9.53 Å². The van der Waals surface area contributed by atoms with Crippen LogP contribution in [0, 0.1) is 0 Å². The summed E-state index contributed by atoms with van der Waals surface area (Å²) in [6, 6.07) is 7.33. The van der Waals surface area contributed by atoms with Gasteiger partial charge in [-0.05, 0) is 26.0 Å². The molecule has 24 heavy (non-hydrogen) atoms. The lowest BCUT2D eigenvalue weighted by Crippen LogP contribution is -2.56. The Kier molecular flexibility index (Phi) is 4.78. The first-order chi connectivity index (χ1) is 11.6. The van der Waals surface area contributed by atoms with Crippen LogP contribution in [-0.4, -0.2) is 66.8 Å². The number of para-hydroxylation sites is 2. The minimum absolute atomic E-state index is 0.111. The number of amides is 2. The van der Waals surface area contributed by atoms with Gasteiger partial charge in [-0.3, -0.25) is 4.79 Å². The van der Waals surface area contributed by atoms with E-state index in [2.05, 4.69) is 0 Å². The van der Waals surface area contributed by atoms with Crippen molar-refractivity contribution in [3.8, 4) is 11.5 Å². The Labute approximate surface area is 141 Å². The van der Waals surface area contributed by atoms with E-state index in [1.165, 1.54) is 0 Å². The van der Waals surface area contributed by atoms with Crippen LogP contribution in [0.2, 0.25) is 0 Å². The number of hydrogen-bond donors (Lipinski definition) is 0. The molecule has 1 aromatic carbocycles. The molecule has 1 saturated heterocycles. The van der Waals surface area contributed by atoms with Crippen molar-refractivity contribution in [3.63, 3.8) is 0 Å². The zero-order chi connectivity index (χ0) is 17.1. The summed E-state index contributed by atoms with van der Waals surface area (Å²) in [4.78, 5) is 27.8. The summed E-state index contributed by atoms with van der Waals surface area (Å²) in [5.74, 6) is 1.13. The monoisotopic (exact) mass is 334 g/mol. The lowest BCUT2D eigenvalue weighted by atomic mass is 10.1. The van der Waals surface area contributed by atoms with E-state index in [-0.39, 0.29) is 18.1 Å². The highest BCUT2D eigenvalue weighted by Crippen LogP contribution is 2.33. The van der Waals surface area contributed by atoms with Gasteiger partial charge in [0.2, 0.25) is 6.10 Å². The van der Waals surface area contributed by atoms with E-state index < -0.39 is 6.10 Å². The van der Waals surface area contributed by atoms with Gasteiger partial charge < -0.3 is 24.0 Å². The molecule has 0 radical (unpaired) electrons. The molecule has 0 bridgehead atoms. The summed E-state index contributed by atoms with van der Waals surface area (Å²) in [6.45, 7) is 5.80. The molecular weight excluding hydrogens is 312 g/mol. The highest BCUT2D eigenvalue weighted by atomic mass is 16.6. The Hall–Kier alpha value is -2.44. The zero-order valence-corrected chi connectivity index (χ0v) is 13.9. The van der Waals surface area contributed by atoms with Gasteiger partial charge in [0.15, 0.2) is 11.5 Å². The van der Waals surface area contributed by atoms with Crippen molar-refractivity contribution in [2.75, 3.05) is 32.8 Å². The van der Waals surface area contributed by atoms with Crippen LogP contribution in [0.4, 0.5) is 4.79 Å². The van der Waals surface area contributed by atoms with E-state index in [9.17, 15) is 9.59 Å². The Balaban J connectivity index is 1.61. The number of fused-ring (bicyclic) bond motifs is 1. The van der Waals surface area contributed by atoms with Gasteiger partial charge in [-0.2, -0.15) is 0 Å². The number of nitrogens with zero attached hydrogens (tertiary/aromatic N) is 2. The van der Waals surface area contributed by atoms with Crippen LogP contribution in [0.25, 0.3) is 0 Å². The number of hydrogen-bond acceptors (Lipinski definition) is 5. The normalized spacial score (nSPS) is 22.9. The molecule has 1 fully saturated rings. The van der Waals surface area contributed by atoms with Crippen LogP contribution in [0.3, 0.4) is 0 Å². The van der Waals surface area contributed by atoms with Gasteiger partial charge in [0.05, 0.1) is 6.61 Å². The molecule has 0 saturated carbocycles. The molecule has 2 amide bonds. The van der Waals surface area contributed by atoms with Gasteiger partial charge >= 0.3 is 6.09 Å².